The lowest BCUT2D eigenvalue weighted by atomic mass is 9.83. The standard InChI is InChI=1S/C26H17F2N3O3/c27-16-7-5-14(6-8-16)24(32)23-21-20(22-19-4-2-1-3-15(19)13-29-31(22)23)25(33)30(26(21)34)18-11-9-17(28)10-12-18/h1-13,20-23H/t20-,21+,22+,23-/m0/s1. The van der Waals surface area contributed by atoms with Gasteiger partial charge in [-0.1, -0.05) is 24.3 Å². The molecule has 3 aromatic rings. The minimum absolute atomic E-state index is 0.223. The van der Waals surface area contributed by atoms with E-state index in [-0.39, 0.29) is 11.3 Å². The molecule has 4 atom stereocenters. The van der Waals surface area contributed by atoms with Gasteiger partial charge in [0.1, 0.15) is 17.7 Å². The van der Waals surface area contributed by atoms with Crippen molar-refractivity contribution in [1.29, 1.82) is 0 Å². The van der Waals surface area contributed by atoms with Crippen LogP contribution in [0.4, 0.5) is 14.5 Å². The number of anilines is 1. The number of carbonyl (C=O) groups is 3. The van der Waals surface area contributed by atoms with Gasteiger partial charge in [-0.15, -0.1) is 0 Å². The molecule has 0 bridgehead atoms. The maximum Gasteiger partial charge on any atom is 0.240 e. The van der Waals surface area contributed by atoms with Crippen LogP contribution in [0.3, 0.4) is 0 Å². The van der Waals surface area contributed by atoms with E-state index < -0.39 is 53.2 Å². The molecule has 34 heavy (non-hydrogen) atoms. The van der Waals surface area contributed by atoms with Gasteiger partial charge in [0.25, 0.3) is 0 Å². The van der Waals surface area contributed by atoms with Crippen LogP contribution in [-0.2, 0) is 9.59 Å². The Morgan fingerprint density at radius 2 is 1.41 bits per heavy atom. The summed E-state index contributed by atoms with van der Waals surface area (Å²) >= 11 is 0. The van der Waals surface area contributed by atoms with Crippen molar-refractivity contribution in [2.75, 3.05) is 4.90 Å². The van der Waals surface area contributed by atoms with Crippen LogP contribution in [0.1, 0.15) is 27.5 Å². The zero-order valence-electron chi connectivity index (χ0n) is 17.6. The van der Waals surface area contributed by atoms with Gasteiger partial charge in [0, 0.05) is 5.56 Å². The van der Waals surface area contributed by atoms with Gasteiger partial charge in [0.15, 0.2) is 5.78 Å². The van der Waals surface area contributed by atoms with E-state index in [0.29, 0.717) is 0 Å². The SMILES string of the molecule is O=C(c1ccc(F)cc1)[C@@H]1[C@@H]2C(=O)N(c3ccc(F)cc3)C(=O)[C@@H]2[C@H]2c3ccccc3C=NN12. The highest BCUT2D eigenvalue weighted by atomic mass is 19.1. The Morgan fingerprint density at radius 1 is 0.794 bits per heavy atom. The third-order valence-corrected chi connectivity index (χ3v) is 6.78. The van der Waals surface area contributed by atoms with Gasteiger partial charge in [-0.2, -0.15) is 5.10 Å². The summed E-state index contributed by atoms with van der Waals surface area (Å²) in [6, 6.07) is 15.9. The Kier molecular flexibility index (Phi) is 4.45. The lowest BCUT2D eigenvalue weighted by Crippen LogP contribution is -2.44. The number of nitrogens with zero attached hydrogens (tertiary/aromatic N) is 3. The molecule has 168 valence electrons. The quantitative estimate of drug-likeness (QED) is 0.444. The van der Waals surface area contributed by atoms with Crippen LogP contribution in [-0.4, -0.2) is 34.9 Å². The van der Waals surface area contributed by atoms with Crippen LogP contribution in [0.25, 0.3) is 0 Å². The van der Waals surface area contributed by atoms with Crippen molar-refractivity contribution in [2.45, 2.75) is 12.1 Å². The van der Waals surface area contributed by atoms with E-state index in [0.717, 1.165) is 16.0 Å². The first-order valence-corrected chi connectivity index (χ1v) is 10.8. The van der Waals surface area contributed by atoms with Gasteiger partial charge < -0.3 is 0 Å². The predicted molar refractivity (Wildman–Crippen MR) is 119 cm³/mol. The summed E-state index contributed by atoms with van der Waals surface area (Å²) < 4.78 is 27.0. The second kappa shape index (κ2) is 7.41. The van der Waals surface area contributed by atoms with Crippen molar-refractivity contribution in [1.82, 2.24) is 5.01 Å². The molecule has 0 N–H and O–H groups in total. The van der Waals surface area contributed by atoms with Crippen LogP contribution >= 0.6 is 0 Å². The van der Waals surface area contributed by atoms with E-state index >= 15 is 0 Å². The van der Waals surface area contributed by atoms with E-state index in [1.165, 1.54) is 48.5 Å². The molecule has 3 aliphatic rings. The fraction of sp³-hybridized carbons (Fsp3) is 0.154. The smallest absolute Gasteiger partial charge is 0.240 e. The van der Waals surface area contributed by atoms with E-state index in [4.69, 9.17) is 0 Å². The molecule has 2 fully saturated rings. The number of carbonyl (C=O) groups excluding carboxylic acids is 3. The number of hydrogen-bond acceptors (Lipinski definition) is 5. The molecule has 3 aliphatic heterocycles. The number of amides is 2. The average Bonchev–Trinajstić information content (AvgIpc) is 3.32. The van der Waals surface area contributed by atoms with Crippen LogP contribution < -0.4 is 4.90 Å². The van der Waals surface area contributed by atoms with Crippen molar-refractivity contribution in [3.05, 3.63) is 101 Å². The number of benzene rings is 3. The van der Waals surface area contributed by atoms with Crippen LogP contribution in [0.2, 0.25) is 0 Å². The molecule has 8 heteroatoms. The van der Waals surface area contributed by atoms with E-state index in [2.05, 4.69) is 5.10 Å². The molecule has 2 saturated heterocycles. The van der Waals surface area contributed by atoms with E-state index in [9.17, 15) is 23.2 Å². The Bertz CT molecular complexity index is 1370. The van der Waals surface area contributed by atoms with Crippen LogP contribution in [0, 0.1) is 23.5 Å². The number of hydrogen-bond donors (Lipinski definition) is 0. The fourth-order valence-corrected chi connectivity index (χ4v) is 5.30. The number of halogens is 2. The van der Waals surface area contributed by atoms with Gasteiger partial charge in [-0.05, 0) is 59.7 Å². The summed E-state index contributed by atoms with van der Waals surface area (Å²) in [5.74, 6) is -4.25. The first kappa shape index (κ1) is 20.4. The molecule has 0 unspecified atom stereocenters. The Morgan fingerprint density at radius 3 is 2.12 bits per heavy atom. The zero-order chi connectivity index (χ0) is 23.6. The van der Waals surface area contributed by atoms with Gasteiger partial charge >= 0.3 is 0 Å². The van der Waals surface area contributed by atoms with E-state index in [1.54, 1.807) is 11.2 Å². The van der Waals surface area contributed by atoms with Gasteiger partial charge in [-0.3, -0.25) is 19.4 Å². The van der Waals surface area contributed by atoms with E-state index in [1.807, 2.05) is 24.3 Å². The first-order valence-electron chi connectivity index (χ1n) is 10.8. The Hall–Kier alpha value is -4.20. The summed E-state index contributed by atoms with van der Waals surface area (Å²) in [5.41, 5.74) is 2.07. The summed E-state index contributed by atoms with van der Waals surface area (Å²) in [6.07, 6.45) is 1.62. The molecular weight excluding hydrogens is 440 g/mol. The highest BCUT2D eigenvalue weighted by Crippen LogP contribution is 2.53. The number of ketones is 1. The highest BCUT2D eigenvalue weighted by molar-refractivity contribution is 6.24. The normalized spacial score (nSPS) is 24.8. The summed E-state index contributed by atoms with van der Waals surface area (Å²) in [7, 11) is 0. The van der Waals surface area contributed by atoms with Crippen molar-refractivity contribution in [3.8, 4) is 0 Å². The molecule has 0 aliphatic carbocycles. The minimum Gasteiger partial charge on any atom is -0.292 e. The number of rotatable bonds is 3. The van der Waals surface area contributed by atoms with Crippen molar-refractivity contribution >= 4 is 29.5 Å². The summed E-state index contributed by atoms with van der Waals surface area (Å²) in [5, 5.41) is 6.02. The Labute approximate surface area is 193 Å². The van der Waals surface area contributed by atoms with Gasteiger partial charge in [0.2, 0.25) is 11.8 Å². The molecule has 0 saturated carbocycles. The zero-order valence-corrected chi connectivity index (χ0v) is 17.6. The fourth-order valence-electron chi connectivity index (χ4n) is 5.30. The topological polar surface area (TPSA) is 70.0 Å². The highest BCUT2D eigenvalue weighted by Gasteiger charge is 2.65. The molecule has 3 heterocycles. The maximum absolute atomic E-state index is 13.7. The predicted octanol–water partition coefficient (Wildman–Crippen LogP) is 3.73. The molecule has 0 radical (unpaired) electrons. The van der Waals surface area contributed by atoms with Crippen LogP contribution in [0.15, 0.2) is 77.9 Å². The molecule has 6 rings (SSSR count). The number of hydrazone groups is 1. The third kappa shape index (κ3) is 2.84. The second-order valence-corrected chi connectivity index (χ2v) is 8.55. The summed E-state index contributed by atoms with van der Waals surface area (Å²) in [4.78, 5) is 42.0. The van der Waals surface area contributed by atoms with Gasteiger partial charge in [0.05, 0.1) is 29.8 Å². The molecule has 6 nitrogen and oxygen atoms in total. The maximum atomic E-state index is 13.7. The second-order valence-electron chi connectivity index (χ2n) is 8.55. The van der Waals surface area contributed by atoms with Crippen molar-refractivity contribution in [3.63, 3.8) is 0 Å². The first-order chi connectivity index (χ1) is 16.5. The number of imide groups is 1. The van der Waals surface area contributed by atoms with Crippen molar-refractivity contribution in [2.24, 2.45) is 16.9 Å². The summed E-state index contributed by atoms with van der Waals surface area (Å²) in [6.45, 7) is 0. The lowest BCUT2D eigenvalue weighted by molar-refractivity contribution is -0.124. The van der Waals surface area contributed by atoms with Crippen LogP contribution in [0.5, 0.6) is 0 Å². The number of Topliss-reactive ketones (excluding diaryl/α,β-unsaturated/α-hetero) is 1. The van der Waals surface area contributed by atoms with Gasteiger partial charge in [-0.25, -0.2) is 13.7 Å². The monoisotopic (exact) mass is 457 g/mol. The molecule has 3 aromatic carbocycles. The largest absolute Gasteiger partial charge is 0.292 e. The molecule has 2 amide bonds. The van der Waals surface area contributed by atoms with Crippen molar-refractivity contribution < 1.29 is 23.2 Å². The third-order valence-electron chi connectivity index (χ3n) is 6.78. The molecule has 0 spiro atoms. The average molecular weight is 457 g/mol. The number of fused-ring (bicyclic) bond motifs is 5. The lowest BCUT2D eigenvalue weighted by Gasteiger charge is -2.33. The molecular formula is C26H17F2N3O3. The minimum atomic E-state index is -1.05. The molecule has 0 aromatic heterocycles. The Balaban J connectivity index is 1.49.